The third-order valence-electron chi connectivity index (χ3n) is 6.65. The number of piperazine rings is 1. The largest absolute Gasteiger partial charge is 0.350 e. The van der Waals surface area contributed by atoms with Crippen LogP contribution in [0.1, 0.15) is 51.6 Å². The van der Waals surface area contributed by atoms with E-state index in [1.165, 1.54) is 0 Å². The van der Waals surface area contributed by atoms with Gasteiger partial charge < -0.3 is 15.1 Å². The van der Waals surface area contributed by atoms with Crippen LogP contribution in [-0.2, 0) is 16.1 Å². The van der Waals surface area contributed by atoms with Gasteiger partial charge in [-0.1, -0.05) is 25.7 Å². The van der Waals surface area contributed by atoms with E-state index in [4.69, 9.17) is 11.6 Å². The molecule has 184 valence electrons. The van der Waals surface area contributed by atoms with Gasteiger partial charge in [-0.15, -0.1) is 0 Å². The van der Waals surface area contributed by atoms with Crippen molar-refractivity contribution in [2.24, 2.45) is 11.8 Å². The summed E-state index contributed by atoms with van der Waals surface area (Å²) in [6.07, 6.45) is 5.12. The number of aromatic nitrogens is 2. The highest BCUT2D eigenvalue weighted by Crippen LogP contribution is 2.32. The lowest BCUT2D eigenvalue weighted by atomic mass is 9.92. The number of nitrogens with zero attached hydrogens (tertiary/aromatic N) is 5. The summed E-state index contributed by atoms with van der Waals surface area (Å²) < 4.78 is 15.4. The molecule has 1 saturated heterocycles. The van der Waals surface area contributed by atoms with E-state index in [1.807, 2.05) is 25.8 Å². The highest BCUT2D eigenvalue weighted by atomic mass is 35.5. The molecule has 1 atom stereocenters. The van der Waals surface area contributed by atoms with E-state index in [0.29, 0.717) is 23.9 Å². The van der Waals surface area contributed by atoms with Crippen LogP contribution in [-0.4, -0.2) is 76.2 Å². The van der Waals surface area contributed by atoms with Gasteiger partial charge in [0.25, 0.3) is 0 Å². The van der Waals surface area contributed by atoms with Crippen molar-refractivity contribution in [3.63, 3.8) is 0 Å². The fraction of sp³-hybridized carbons (Fsp3) is 0.727. The molecule has 1 aliphatic carbocycles. The Kier molecular flexibility index (Phi) is 8.47. The lowest BCUT2D eigenvalue weighted by molar-refractivity contribution is -0.155. The molecule has 11 heteroatoms. The maximum Gasteiger partial charge on any atom is 0.233 e. The third kappa shape index (κ3) is 6.51. The van der Waals surface area contributed by atoms with Crippen molar-refractivity contribution in [1.82, 2.24) is 25.2 Å². The normalized spacial score (nSPS) is 20.0. The second-order valence-corrected chi connectivity index (χ2v) is 10.1. The van der Waals surface area contributed by atoms with Gasteiger partial charge in [-0.05, 0) is 44.8 Å². The Labute approximate surface area is 199 Å². The van der Waals surface area contributed by atoms with Crippen molar-refractivity contribution < 1.29 is 19.2 Å². The average molecular weight is 485 g/mol. The number of hydrogen-bond acceptors (Lipinski definition) is 7. The Hall–Kier alpha value is -2.04. The van der Waals surface area contributed by atoms with Gasteiger partial charge >= 0.3 is 0 Å². The summed E-state index contributed by atoms with van der Waals surface area (Å²) >= 11 is 6.12. The van der Waals surface area contributed by atoms with Crippen LogP contribution in [0.15, 0.2) is 0 Å². The van der Waals surface area contributed by atoms with E-state index in [-0.39, 0.29) is 47.7 Å². The van der Waals surface area contributed by atoms with Crippen LogP contribution in [0.5, 0.6) is 0 Å². The summed E-state index contributed by atoms with van der Waals surface area (Å²) in [6, 6.07) is 0. The molecule has 2 amide bonds. The van der Waals surface area contributed by atoms with E-state index >= 15 is 4.39 Å². The average Bonchev–Trinajstić information content (AvgIpc) is 3.26. The minimum absolute atomic E-state index is 0.00364. The van der Waals surface area contributed by atoms with E-state index in [0.717, 1.165) is 38.8 Å². The van der Waals surface area contributed by atoms with Gasteiger partial charge in [0.15, 0.2) is 11.6 Å². The van der Waals surface area contributed by atoms with Crippen molar-refractivity contribution in [2.75, 3.05) is 38.1 Å². The lowest BCUT2D eigenvalue weighted by Gasteiger charge is -2.46. The predicted octanol–water partition coefficient (Wildman–Crippen LogP) is 2.46. The van der Waals surface area contributed by atoms with Crippen LogP contribution < -0.4 is 10.2 Å². The highest BCUT2D eigenvalue weighted by Gasteiger charge is 2.36. The van der Waals surface area contributed by atoms with Crippen LogP contribution in [0, 0.1) is 17.7 Å². The van der Waals surface area contributed by atoms with Gasteiger partial charge in [0.1, 0.15) is 5.69 Å². The number of hydroxylamine groups is 2. The number of halogens is 2. The lowest BCUT2D eigenvalue weighted by Crippen LogP contribution is -2.59. The zero-order valence-electron chi connectivity index (χ0n) is 19.6. The van der Waals surface area contributed by atoms with Crippen molar-refractivity contribution >= 4 is 29.7 Å². The molecule has 2 N–H and O–H groups in total. The Morgan fingerprint density at radius 3 is 2.70 bits per heavy atom. The number of anilines is 1. The molecular formula is C22H34ClFN6O3. The number of carbonyl (C=O) groups is 2. The summed E-state index contributed by atoms with van der Waals surface area (Å²) in [6.45, 7) is 5.83. The first-order valence-corrected chi connectivity index (χ1v) is 11.8. The molecule has 1 aromatic heterocycles. The van der Waals surface area contributed by atoms with Crippen LogP contribution in [0.25, 0.3) is 0 Å². The molecule has 2 fully saturated rings. The first kappa shape index (κ1) is 25.6. The van der Waals surface area contributed by atoms with Crippen molar-refractivity contribution in [3.05, 3.63) is 16.8 Å². The minimum atomic E-state index is -0.610. The topological polar surface area (TPSA) is 102 Å². The van der Waals surface area contributed by atoms with E-state index in [1.54, 1.807) is 0 Å². The maximum absolute atomic E-state index is 15.4. The van der Waals surface area contributed by atoms with Crippen LogP contribution in [0.4, 0.5) is 10.2 Å². The van der Waals surface area contributed by atoms with E-state index in [2.05, 4.69) is 20.2 Å². The summed E-state index contributed by atoms with van der Waals surface area (Å²) in [7, 11) is 2.02. The number of hydrogen-bond donors (Lipinski definition) is 2. The molecule has 1 aromatic rings. The summed E-state index contributed by atoms with van der Waals surface area (Å²) in [5.74, 6) is -1.07. The zero-order chi connectivity index (χ0) is 24.2. The van der Waals surface area contributed by atoms with Crippen molar-refractivity contribution in [3.8, 4) is 0 Å². The number of rotatable bonds is 9. The predicted molar refractivity (Wildman–Crippen MR) is 122 cm³/mol. The molecule has 0 unspecified atom stereocenters. The molecule has 2 heterocycles. The molecule has 0 spiro atoms. The van der Waals surface area contributed by atoms with Crippen LogP contribution >= 0.6 is 11.6 Å². The Bertz CT molecular complexity index is 852. The number of nitrogens with one attached hydrogen (secondary N) is 1. The summed E-state index contributed by atoms with van der Waals surface area (Å²) in [4.78, 5) is 36.0. The molecule has 33 heavy (non-hydrogen) atoms. The highest BCUT2D eigenvalue weighted by molar-refractivity contribution is 6.28. The number of likely N-dealkylation sites (N-methyl/N-ethyl adjacent to an activating group) is 1. The number of amides is 2. The molecule has 3 rings (SSSR count). The standard InChI is InChI=1S/C22H34ClFN6O3/c1-22(2)13-28(3)8-9-30(22)19-18(24)17(26-21(23)27-19)11-25-20(32)16(12-29(33)14-31)10-15-6-4-5-7-15/h14-16,33H,4-13H2,1-3H3,(H,25,32)/t16-/m1/s1. The molecule has 0 aromatic carbocycles. The molecule has 2 aliphatic rings. The fourth-order valence-electron chi connectivity index (χ4n) is 5.03. The van der Waals surface area contributed by atoms with Crippen LogP contribution in [0.3, 0.4) is 0 Å². The smallest absolute Gasteiger partial charge is 0.233 e. The number of carbonyl (C=O) groups excluding carboxylic acids is 2. The van der Waals surface area contributed by atoms with E-state index < -0.39 is 11.7 Å². The maximum atomic E-state index is 15.4. The Morgan fingerprint density at radius 1 is 1.36 bits per heavy atom. The van der Waals surface area contributed by atoms with Gasteiger partial charge in [-0.2, -0.15) is 4.98 Å². The molecule has 1 aliphatic heterocycles. The van der Waals surface area contributed by atoms with Gasteiger partial charge in [-0.3, -0.25) is 14.8 Å². The van der Waals surface area contributed by atoms with Crippen molar-refractivity contribution in [1.29, 1.82) is 0 Å². The quantitative estimate of drug-likeness (QED) is 0.240. The summed E-state index contributed by atoms with van der Waals surface area (Å²) in [5, 5.41) is 12.8. The minimum Gasteiger partial charge on any atom is -0.350 e. The SMILES string of the molecule is CN1CCN(c2nc(Cl)nc(CNC(=O)[C@H](CC3CCCC3)CN(O)C=O)c2F)C(C)(C)C1. The first-order valence-electron chi connectivity index (χ1n) is 11.5. The van der Waals surface area contributed by atoms with Gasteiger partial charge in [-0.25, -0.2) is 14.4 Å². The molecule has 1 saturated carbocycles. The fourth-order valence-corrected chi connectivity index (χ4v) is 5.22. The third-order valence-corrected chi connectivity index (χ3v) is 6.82. The monoisotopic (exact) mass is 484 g/mol. The van der Waals surface area contributed by atoms with E-state index in [9.17, 15) is 14.8 Å². The van der Waals surface area contributed by atoms with Gasteiger partial charge in [0.05, 0.1) is 19.0 Å². The second kappa shape index (κ2) is 10.9. The molecule has 9 nitrogen and oxygen atoms in total. The van der Waals surface area contributed by atoms with Gasteiger partial charge in [0, 0.05) is 25.2 Å². The molecule has 0 radical (unpaired) electrons. The summed E-state index contributed by atoms with van der Waals surface area (Å²) in [5.41, 5.74) is -0.360. The zero-order valence-corrected chi connectivity index (χ0v) is 20.3. The first-order chi connectivity index (χ1) is 15.6. The molecular weight excluding hydrogens is 451 g/mol. The second-order valence-electron chi connectivity index (χ2n) is 9.81. The van der Waals surface area contributed by atoms with Crippen molar-refractivity contribution in [2.45, 2.75) is 58.0 Å². The Balaban J connectivity index is 1.74. The molecule has 0 bridgehead atoms. The van der Waals surface area contributed by atoms with Crippen LogP contribution in [0.2, 0.25) is 5.28 Å². The Morgan fingerprint density at radius 2 is 2.06 bits per heavy atom. The van der Waals surface area contributed by atoms with Gasteiger partial charge in [0.2, 0.25) is 17.6 Å².